The summed E-state index contributed by atoms with van der Waals surface area (Å²) in [6.45, 7) is 6.19. The van der Waals surface area contributed by atoms with E-state index in [9.17, 15) is 24.0 Å². The number of hydrogen-bond donors (Lipinski definition) is 0. The first-order chi connectivity index (χ1) is 14.7. The molecule has 11 heteroatoms. The van der Waals surface area contributed by atoms with Gasteiger partial charge in [-0.3, -0.25) is 14.4 Å². The zero-order chi connectivity index (χ0) is 23.6. The fourth-order valence-corrected chi connectivity index (χ4v) is 2.55. The Kier molecular flexibility index (Phi) is 10.7. The van der Waals surface area contributed by atoms with Crippen LogP contribution in [0.3, 0.4) is 0 Å². The lowest BCUT2D eigenvalue weighted by molar-refractivity contribution is -0.292. The molecular weight excluding hydrogens is 416 g/mol. The Morgan fingerprint density at radius 1 is 0.710 bits per heavy atom. The van der Waals surface area contributed by atoms with Crippen molar-refractivity contribution in [1.82, 2.24) is 0 Å². The Bertz CT molecular complexity index is 699. The van der Waals surface area contributed by atoms with Gasteiger partial charge >= 0.3 is 29.8 Å². The third-order valence-electron chi connectivity index (χ3n) is 4.18. The topological polar surface area (TPSA) is 141 Å². The van der Waals surface area contributed by atoms with E-state index < -0.39 is 60.6 Å². The molecule has 0 aromatic rings. The molecule has 0 bridgehead atoms. The molecule has 1 aliphatic heterocycles. The first-order valence-electron chi connectivity index (χ1n) is 9.87. The molecule has 0 unspecified atom stereocenters. The van der Waals surface area contributed by atoms with E-state index in [0.717, 1.165) is 19.3 Å². The maximum Gasteiger partial charge on any atom is 0.333 e. The van der Waals surface area contributed by atoms with Crippen molar-refractivity contribution < 1.29 is 52.4 Å². The van der Waals surface area contributed by atoms with E-state index in [1.165, 1.54) is 13.8 Å². The van der Waals surface area contributed by atoms with Gasteiger partial charge in [-0.05, 0) is 6.92 Å². The fraction of sp³-hybridized carbons (Fsp3) is 0.650. The number of esters is 5. The average molecular weight is 444 g/mol. The van der Waals surface area contributed by atoms with E-state index in [1.54, 1.807) is 13.8 Å². The maximum atomic E-state index is 12.1. The quantitative estimate of drug-likeness (QED) is 0.285. The van der Waals surface area contributed by atoms with Crippen LogP contribution in [0.1, 0.15) is 47.0 Å². The van der Waals surface area contributed by atoms with Crippen LogP contribution in [0.5, 0.6) is 0 Å². The van der Waals surface area contributed by atoms with E-state index in [2.05, 4.69) is 4.74 Å². The van der Waals surface area contributed by atoms with Gasteiger partial charge in [-0.15, -0.1) is 0 Å². The molecule has 5 atom stereocenters. The lowest BCUT2D eigenvalue weighted by atomic mass is 9.98. The smallest absolute Gasteiger partial charge is 0.333 e. The van der Waals surface area contributed by atoms with Crippen molar-refractivity contribution in [2.75, 3.05) is 7.11 Å². The third kappa shape index (κ3) is 8.00. The van der Waals surface area contributed by atoms with E-state index in [1.807, 2.05) is 0 Å². The van der Waals surface area contributed by atoms with E-state index in [0.29, 0.717) is 0 Å². The summed E-state index contributed by atoms with van der Waals surface area (Å²) in [6, 6.07) is 0. The Balaban J connectivity index is 3.23. The lowest BCUT2D eigenvalue weighted by Gasteiger charge is -2.43. The molecule has 1 aliphatic rings. The Morgan fingerprint density at radius 2 is 1.16 bits per heavy atom. The standard InChI is InChI=1S/C20H28O11/c1-6-12(21)28-17-11(4)27-20(31-16(25)10-9-15(24)26-5)19(30-14(23)8-3)18(17)29-13(22)7-2/h9-11,17-20H,6-8H2,1-5H3/b10-9+/t11-,17-,18+,19+,20-/m0/s1. The highest BCUT2D eigenvalue weighted by molar-refractivity contribution is 5.91. The highest BCUT2D eigenvalue weighted by Gasteiger charge is 2.52. The van der Waals surface area contributed by atoms with Crippen LogP contribution in [0.4, 0.5) is 0 Å². The number of carbonyl (C=O) groups excluding carboxylic acids is 5. The highest BCUT2D eigenvalue weighted by Crippen LogP contribution is 2.30. The number of ether oxygens (including phenoxy) is 6. The van der Waals surface area contributed by atoms with E-state index in [4.69, 9.17) is 23.7 Å². The van der Waals surface area contributed by atoms with Gasteiger partial charge in [-0.1, -0.05) is 20.8 Å². The summed E-state index contributed by atoms with van der Waals surface area (Å²) < 4.78 is 31.3. The SMILES string of the molecule is CCC(=O)O[C@@H]1[C@@H](OC(=O)CC)[C@H](C)O[C@@H](OC(=O)/C=C/C(=O)OC)[C@@H]1OC(=O)CC. The Morgan fingerprint density at radius 3 is 1.65 bits per heavy atom. The molecule has 0 aromatic heterocycles. The van der Waals surface area contributed by atoms with Crippen molar-refractivity contribution in [3.63, 3.8) is 0 Å². The van der Waals surface area contributed by atoms with Gasteiger partial charge in [0, 0.05) is 31.4 Å². The molecule has 1 saturated heterocycles. The van der Waals surface area contributed by atoms with Gasteiger partial charge in [-0.25, -0.2) is 9.59 Å². The van der Waals surface area contributed by atoms with Gasteiger partial charge in [0.25, 0.3) is 0 Å². The number of carbonyl (C=O) groups is 5. The van der Waals surface area contributed by atoms with Crippen LogP contribution in [-0.2, 0) is 52.4 Å². The van der Waals surface area contributed by atoms with Gasteiger partial charge in [0.2, 0.25) is 12.4 Å². The van der Waals surface area contributed by atoms with Crippen molar-refractivity contribution in [2.24, 2.45) is 0 Å². The molecule has 0 N–H and O–H groups in total. The van der Waals surface area contributed by atoms with Crippen molar-refractivity contribution in [3.05, 3.63) is 12.2 Å². The molecule has 174 valence electrons. The van der Waals surface area contributed by atoms with Crippen LogP contribution in [0.25, 0.3) is 0 Å². The summed E-state index contributed by atoms with van der Waals surface area (Å²) in [4.78, 5) is 59.2. The summed E-state index contributed by atoms with van der Waals surface area (Å²) in [5.41, 5.74) is 0. The summed E-state index contributed by atoms with van der Waals surface area (Å²) in [6.07, 6.45) is -4.53. The second-order valence-electron chi connectivity index (χ2n) is 6.43. The average Bonchev–Trinajstić information content (AvgIpc) is 2.76. The van der Waals surface area contributed by atoms with Crippen LogP contribution in [0, 0.1) is 0 Å². The van der Waals surface area contributed by atoms with Gasteiger partial charge in [0.05, 0.1) is 13.2 Å². The third-order valence-corrected chi connectivity index (χ3v) is 4.18. The zero-order valence-corrected chi connectivity index (χ0v) is 18.2. The van der Waals surface area contributed by atoms with Crippen LogP contribution in [0.2, 0.25) is 0 Å². The van der Waals surface area contributed by atoms with Crippen LogP contribution in [-0.4, -0.2) is 67.7 Å². The Labute approximate surface area is 179 Å². The second kappa shape index (κ2) is 12.7. The van der Waals surface area contributed by atoms with E-state index >= 15 is 0 Å². The molecule has 0 aromatic carbocycles. The highest BCUT2D eigenvalue weighted by atomic mass is 16.7. The van der Waals surface area contributed by atoms with Gasteiger partial charge in [0.15, 0.2) is 12.2 Å². The monoisotopic (exact) mass is 444 g/mol. The molecule has 0 saturated carbocycles. The van der Waals surface area contributed by atoms with E-state index in [-0.39, 0.29) is 19.3 Å². The minimum absolute atomic E-state index is 0.000940. The molecule has 0 radical (unpaired) electrons. The minimum atomic E-state index is -1.49. The largest absolute Gasteiger partial charge is 0.466 e. The predicted molar refractivity (Wildman–Crippen MR) is 102 cm³/mol. The van der Waals surface area contributed by atoms with Crippen LogP contribution in [0.15, 0.2) is 12.2 Å². The van der Waals surface area contributed by atoms with Crippen molar-refractivity contribution in [2.45, 2.75) is 77.7 Å². The minimum Gasteiger partial charge on any atom is -0.466 e. The Hall–Kier alpha value is -2.95. The first kappa shape index (κ1) is 26.1. The molecule has 0 amide bonds. The van der Waals surface area contributed by atoms with Crippen LogP contribution < -0.4 is 0 Å². The van der Waals surface area contributed by atoms with Crippen molar-refractivity contribution in [1.29, 1.82) is 0 Å². The fourth-order valence-electron chi connectivity index (χ4n) is 2.55. The second-order valence-corrected chi connectivity index (χ2v) is 6.43. The molecule has 1 fully saturated rings. The number of rotatable bonds is 9. The van der Waals surface area contributed by atoms with Gasteiger partial charge < -0.3 is 28.4 Å². The molecule has 0 spiro atoms. The number of methoxy groups -OCH3 is 1. The maximum absolute atomic E-state index is 12.1. The van der Waals surface area contributed by atoms with Crippen molar-refractivity contribution >= 4 is 29.8 Å². The molecule has 31 heavy (non-hydrogen) atoms. The molecule has 1 heterocycles. The van der Waals surface area contributed by atoms with Gasteiger partial charge in [-0.2, -0.15) is 0 Å². The normalized spacial score (nSPS) is 25.4. The molecule has 0 aliphatic carbocycles. The summed E-state index contributed by atoms with van der Waals surface area (Å²) in [5, 5.41) is 0. The molecule has 1 rings (SSSR count). The summed E-state index contributed by atoms with van der Waals surface area (Å²) in [7, 11) is 1.13. The predicted octanol–water partition coefficient (Wildman–Crippen LogP) is 0.969. The first-order valence-corrected chi connectivity index (χ1v) is 9.87. The zero-order valence-electron chi connectivity index (χ0n) is 18.2. The lowest BCUT2D eigenvalue weighted by Crippen LogP contribution is -2.61. The van der Waals surface area contributed by atoms with Crippen LogP contribution >= 0.6 is 0 Å². The summed E-state index contributed by atoms with van der Waals surface area (Å²) >= 11 is 0. The van der Waals surface area contributed by atoms with Crippen molar-refractivity contribution in [3.8, 4) is 0 Å². The number of hydrogen-bond acceptors (Lipinski definition) is 11. The summed E-state index contributed by atoms with van der Waals surface area (Å²) in [5.74, 6) is -3.71. The van der Waals surface area contributed by atoms with Gasteiger partial charge in [0.1, 0.15) is 0 Å². The molecule has 11 nitrogen and oxygen atoms in total. The molecular formula is C20H28O11.